The summed E-state index contributed by atoms with van der Waals surface area (Å²) in [6, 6.07) is 9.43. The third-order valence-corrected chi connectivity index (χ3v) is 4.62. The van der Waals surface area contributed by atoms with Crippen LogP contribution in [-0.2, 0) is 13.0 Å². The molecular weight excluding hydrogens is 390 g/mol. The number of hydrogen-bond acceptors (Lipinski definition) is 5. The molecule has 0 unspecified atom stereocenters. The molecule has 3 aromatic rings. The zero-order valence-electron chi connectivity index (χ0n) is 16.9. The van der Waals surface area contributed by atoms with Crippen LogP contribution < -0.4 is 10.6 Å². The zero-order chi connectivity index (χ0) is 20.6. The van der Waals surface area contributed by atoms with Gasteiger partial charge in [0.1, 0.15) is 0 Å². The van der Waals surface area contributed by atoms with Crippen LogP contribution >= 0.6 is 11.6 Å². The van der Waals surface area contributed by atoms with Crippen molar-refractivity contribution in [2.75, 3.05) is 20.1 Å². The molecule has 0 radical (unpaired) electrons. The number of aliphatic imine (C=N–C) groups is 1. The van der Waals surface area contributed by atoms with Crippen LogP contribution in [0.3, 0.4) is 0 Å². The minimum Gasteiger partial charge on any atom is -0.356 e. The van der Waals surface area contributed by atoms with Gasteiger partial charge in [0.05, 0.1) is 5.69 Å². The molecule has 0 aliphatic heterocycles. The summed E-state index contributed by atoms with van der Waals surface area (Å²) in [4.78, 5) is 8.66. The zero-order valence-corrected chi connectivity index (χ0v) is 17.7. The molecular formula is C20H26ClN7O. The highest BCUT2D eigenvalue weighted by molar-refractivity contribution is 6.30. The van der Waals surface area contributed by atoms with E-state index in [0.717, 1.165) is 36.7 Å². The molecule has 2 aromatic heterocycles. The fourth-order valence-corrected chi connectivity index (χ4v) is 3.04. The van der Waals surface area contributed by atoms with Crippen molar-refractivity contribution in [2.24, 2.45) is 4.99 Å². The molecule has 0 aliphatic rings. The third-order valence-electron chi connectivity index (χ3n) is 4.37. The Morgan fingerprint density at radius 1 is 1.17 bits per heavy atom. The molecule has 0 bridgehead atoms. The van der Waals surface area contributed by atoms with E-state index >= 15 is 0 Å². The average Bonchev–Trinajstić information content (AvgIpc) is 3.30. The van der Waals surface area contributed by atoms with Crippen molar-refractivity contribution in [1.82, 2.24) is 30.6 Å². The first kappa shape index (κ1) is 20.9. The van der Waals surface area contributed by atoms with E-state index in [1.807, 2.05) is 23.7 Å². The number of halogens is 1. The molecule has 8 nitrogen and oxygen atoms in total. The summed E-state index contributed by atoms with van der Waals surface area (Å²) in [5.41, 5.74) is 3.10. The summed E-state index contributed by atoms with van der Waals surface area (Å²) >= 11 is 5.91. The summed E-state index contributed by atoms with van der Waals surface area (Å²) < 4.78 is 7.35. The minimum absolute atomic E-state index is 0.559. The van der Waals surface area contributed by atoms with E-state index in [0.29, 0.717) is 29.7 Å². The summed E-state index contributed by atoms with van der Waals surface area (Å²) in [6.07, 6.45) is 1.56. The fraction of sp³-hybridized carbons (Fsp3) is 0.400. The molecule has 3 rings (SSSR count). The van der Waals surface area contributed by atoms with Gasteiger partial charge < -0.3 is 15.2 Å². The lowest BCUT2D eigenvalue weighted by molar-refractivity contribution is 0.378. The molecule has 154 valence electrons. The average molecular weight is 416 g/mol. The number of guanidine groups is 1. The maximum absolute atomic E-state index is 5.91. The number of benzene rings is 1. The van der Waals surface area contributed by atoms with Gasteiger partial charge in [0.25, 0.3) is 0 Å². The molecule has 0 saturated carbocycles. The second kappa shape index (κ2) is 10.1. The van der Waals surface area contributed by atoms with Gasteiger partial charge in [0.15, 0.2) is 5.96 Å². The van der Waals surface area contributed by atoms with Gasteiger partial charge in [0.2, 0.25) is 11.7 Å². The van der Waals surface area contributed by atoms with Crippen LogP contribution in [0.15, 0.2) is 39.8 Å². The van der Waals surface area contributed by atoms with E-state index in [1.165, 1.54) is 5.69 Å². The lowest BCUT2D eigenvalue weighted by atomic mass is 10.2. The van der Waals surface area contributed by atoms with E-state index < -0.39 is 0 Å². The number of nitrogens with zero attached hydrogens (tertiary/aromatic N) is 5. The van der Waals surface area contributed by atoms with Crippen molar-refractivity contribution >= 4 is 17.6 Å². The molecule has 9 heteroatoms. The first-order valence-corrected chi connectivity index (χ1v) is 9.97. The molecule has 1 aromatic carbocycles. The minimum atomic E-state index is 0.559. The van der Waals surface area contributed by atoms with Crippen molar-refractivity contribution in [2.45, 2.75) is 33.2 Å². The summed E-state index contributed by atoms with van der Waals surface area (Å²) in [5, 5.41) is 15.7. The molecule has 0 saturated heterocycles. The Bertz CT molecular complexity index is 946. The highest BCUT2D eigenvalue weighted by Gasteiger charge is 2.09. The first-order chi connectivity index (χ1) is 14.0. The lowest BCUT2D eigenvalue weighted by Crippen LogP contribution is -2.39. The molecule has 29 heavy (non-hydrogen) atoms. The van der Waals surface area contributed by atoms with Crippen LogP contribution in [-0.4, -0.2) is 46.0 Å². The standard InChI is InChI=1S/C20H26ClN7O/c1-14-13-15(2)28(26-14)12-4-10-23-20(22-3)24-11-9-18-25-19(27-29-18)16-5-7-17(21)8-6-16/h5-8,13H,4,9-12H2,1-3H3,(H2,22,23,24). The summed E-state index contributed by atoms with van der Waals surface area (Å²) in [6.45, 7) is 6.40. The van der Waals surface area contributed by atoms with Gasteiger partial charge in [-0.2, -0.15) is 10.1 Å². The Morgan fingerprint density at radius 2 is 1.93 bits per heavy atom. The second-order valence-electron chi connectivity index (χ2n) is 6.70. The van der Waals surface area contributed by atoms with Crippen LogP contribution in [0.5, 0.6) is 0 Å². The molecule has 0 fully saturated rings. The SMILES string of the molecule is CN=C(NCCCn1nc(C)cc1C)NCCc1nc(-c2ccc(Cl)cc2)no1. The van der Waals surface area contributed by atoms with Crippen LogP contribution in [0.2, 0.25) is 5.02 Å². The highest BCUT2D eigenvalue weighted by Crippen LogP contribution is 2.18. The molecule has 0 aliphatic carbocycles. The lowest BCUT2D eigenvalue weighted by Gasteiger charge is -2.11. The van der Waals surface area contributed by atoms with E-state index in [4.69, 9.17) is 16.1 Å². The summed E-state index contributed by atoms with van der Waals surface area (Å²) in [7, 11) is 1.75. The van der Waals surface area contributed by atoms with Crippen molar-refractivity contribution in [3.8, 4) is 11.4 Å². The Labute approximate surface area is 175 Å². The van der Waals surface area contributed by atoms with E-state index in [9.17, 15) is 0 Å². The highest BCUT2D eigenvalue weighted by atomic mass is 35.5. The molecule has 2 N–H and O–H groups in total. The van der Waals surface area contributed by atoms with E-state index in [2.05, 4.69) is 43.9 Å². The van der Waals surface area contributed by atoms with Crippen LogP contribution in [0.25, 0.3) is 11.4 Å². The largest absolute Gasteiger partial charge is 0.356 e. The number of aromatic nitrogens is 4. The Morgan fingerprint density at radius 3 is 2.62 bits per heavy atom. The number of hydrogen-bond donors (Lipinski definition) is 2. The first-order valence-electron chi connectivity index (χ1n) is 9.59. The van der Waals surface area contributed by atoms with Gasteiger partial charge >= 0.3 is 0 Å². The van der Waals surface area contributed by atoms with Gasteiger partial charge in [-0.1, -0.05) is 16.8 Å². The monoisotopic (exact) mass is 415 g/mol. The normalized spacial score (nSPS) is 11.7. The van der Waals surface area contributed by atoms with Crippen LogP contribution in [0.1, 0.15) is 23.7 Å². The molecule has 0 atom stereocenters. The maximum atomic E-state index is 5.91. The Hall–Kier alpha value is -2.87. The molecule has 2 heterocycles. The van der Waals surface area contributed by atoms with Gasteiger partial charge in [-0.25, -0.2) is 0 Å². The second-order valence-corrected chi connectivity index (χ2v) is 7.13. The quantitative estimate of drug-likeness (QED) is 0.333. The van der Waals surface area contributed by atoms with Crippen molar-refractivity contribution in [3.05, 3.63) is 52.6 Å². The predicted molar refractivity (Wildman–Crippen MR) is 114 cm³/mol. The third kappa shape index (κ3) is 6.05. The molecule has 0 amide bonds. The summed E-state index contributed by atoms with van der Waals surface area (Å²) in [5.74, 6) is 1.88. The van der Waals surface area contributed by atoms with Crippen molar-refractivity contribution in [1.29, 1.82) is 0 Å². The number of rotatable bonds is 8. The maximum Gasteiger partial charge on any atom is 0.228 e. The fourth-order valence-electron chi connectivity index (χ4n) is 2.92. The van der Waals surface area contributed by atoms with Crippen LogP contribution in [0.4, 0.5) is 0 Å². The van der Waals surface area contributed by atoms with Gasteiger partial charge in [-0.3, -0.25) is 9.67 Å². The smallest absolute Gasteiger partial charge is 0.228 e. The topological polar surface area (TPSA) is 93.2 Å². The van der Waals surface area contributed by atoms with E-state index in [1.54, 1.807) is 19.2 Å². The van der Waals surface area contributed by atoms with Crippen molar-refractivity contribution < 1.29 is 4.52 Å². The van der Waals surface area contributed by atoms with Gasteiger partial charge in [0, 0.05) is 49.4 Å². The van der Waals surface area contributed by atoms with Gasteiger partial charge in [-0.15, -0.1) is 0 Å². The number of aryl methyl sites for hydroxylation is 3. The molecule has 0 spiro atoms. The number of nitrogens with one attached hydrogen (secondary N) is 2. The predicted octanol–water partition coefficient (Wildman–Crippen LogP) is 3.00. The Kier molecular flexibility index (Phi) is 7.24. The Balaban J connectivity index is 1.38. The van der Waals surface area contributed by atoms with Crippen LogP contribution in [0, 0.1) is 13.8 Å². The van der Waals surface area contributed by atoms with E-state index in [-0.39, 0.29) is 0 Å². The van der Waals surface area contributed by atoms with Crippen molar-refractivity contribution in [3.63, 3.8) is 0 Å². The van der Waals surface area contributed by atoms with Gasteiger partial charge in [-0.05, 0) is 50.6 Å².